The number of hydrogen-bond acceptors (Lipinski definition) is 2. The van der Waals surface area contributed by atoms with Crippen LogP contribution in [0.3, 0.4) is 0 Å². The Morgan fingerprint density at radius 3 is 2.81 bits per heavy atom. The molecule has 1 amide bonds. The zero-order valence-corrected chi connectivity index (χ0v) is 12.4. The van der Waals surface area contributed by atoms with Gasteiger partial charge < -0.3 is 10.0 Å². The molecule has 0 radical (unpaired) electrons. The number of amides is 1. The maximum absolute atomic E-state index is 14.1. The fraction of sp³-hybridized carbons (Fsp3) is 0.471. The van der Waals surface area contributed by atoms with Gasteiger partial charge in [0.1, 0.15) is 5.82 Å². The van der Waals surface area contributed by atoms with E-state index in [0.29, 0.717) is 25.1 Å². The van der Waals surface area contributed by atoms with E-state index in [2.05, 4.69) is 25.7 Å². The first-order chi connectivity index (χ1) is 9.93. The summed E-state index contributed by atoms with van der Waals surface area (Å²) in [6.07, 6.45) is 1.29. The molecular formula is C17H20FNO2. The van der Waals surface area contributed by atoms with Crippen LogP contribution < -0.4 is 0 Å². The van der Waals surface area contributed by atoms with Gasteiger partial charge in [0.2, 0.25) is 0 Å². The number of carbonyl (C=O) groups is 1. The first kappa shape index (κ1) is 15.5. The van der Waals surface area contributed by atoms with E-state index in [-0.39, 0.29) is 23.5 Å². The predicted octanol–water partition coefficient (Wildman–Crippen LogP) is 2.43. The molecule has 112 valence electrons. The third kappa shape index (κ3) is 3.83. The van der Waals surface area contributed by atoms with Crippen molar-refractivity contribution in [2.45, 2.75) is 26.7 Å². The van der Waals surface area contributed by atoms with Crippen molar-refractivity contribution in [1.82, 2.24) is 4.90 Å². The highest BCUT2D eigenvalue weighted by Crippen LogP contribution is 2.30. The average Bonchev–Trinajstić information content (AvgIpc) is 2.79. The van der Waals surface area contributed by atoms with Gasteiger partial charge in [-0.15, -0.1) is 0 Å². The van der Waals surface area contributed by atoms with Gasteiger partial charge in [0, 0.05) is 25.1 Å². The number of likely N-dealkylation sites (tertiary alicyclic amines) is 1. The van der Waals surface area contributed by atoms with Gasteiger partial charge in [0.15, 0.2) is 0 Å². The lowest BCUT2D eigenvalue weighted by Crippen LogP contribution is -2.30. The molecule has 0 aliphatic carbocycles. The van der Waals surface area contributed by atoms with Gasteiger partial charge in [-0.3, -0.25) is 4.79 Å². The Bertz CT molecular complexity index is 599. The lowest BCUT2D eigenvalue weighted by molar-refractivity contribution is 0.0773. The standard InChI is InChI=1S/C17H20FNO2/c1-17(2)8-9-19(12-17)16(21)14-7-6-13(11-15(14)18)5-3-4-10-20/h6-7,11,20H,4,8-10,12H2,1-2H3. The molecule has 1 aliphatic heterocycles. The number of hydrogen-bond donors (Lipinski definition) is 1. The summed E-state index contributed by atoms with van der Waals surface area (Å²) in [5, 5.41) is 8.65. The predicted molar refractivity (Wildman–Crippen MR) is 79.3 cm³/mol. The maximum Gasteiger partial charge on any atom is 0.256 e. The number of carbonyl (C=O) groups excluding carboxylic acids is 1. The summed E-state index contributed by atoms with van der Waals surface area (Å²) in [6, 6.07) is 4.41. The second-order valence-electron chi connectivity index (χ2n) is 6.11. The smallest absolute Gasteiger partial charge is 0.256 e. The van der Waals surface area contributed by atoms with Crippen molar-refractivity contribution in [3.05, 3.63) is 35.1 Å². The Labute approximate surface area is 124 Å². The number of aliphatic hydroxyl groups is 1. The van der Waals surface area contributed by atoms with Gasteiger partial charge in [0.05, 0.1) is 12.2 Å². The Morgan fingerprint density at radius 2 is 2.24 bits per heavy atom. The Hall–Kier alpha value is -1.86. The monoisotopic (exact) mass is 289 g/mol. The zero-order valence-electron chi connectivity index (χ0n) is 12.4. The molecule has 2 rings (SSSR count). The van der Waals surface area contributed by atoms with Crippen LogP contribution in [0.4, 0.5) is 4.39 Å². The zero-order chi connectivity index (χ0) is 15.5. The summed E-state index contributed by atoms with van der Waals surface area (Å²) >= 11 is 0. The molecule has 1 fully saturated rings. The van der Waals surface area contributed by atoms with Crippen molar-refractivity contribution in [2.24, 2.45) is 5.41 Å². The van der Waals surface area contributed by atoms with E-state index < -0.39 is 5.82 Å². The SMILES string of the molecule is CC1(C)CCN(C(=O)c2ccc(C#CCCO)cc2F)C1. The summed E-state index contributed by atoms with van der Waals surface area (Å²) in [4.78, 5) is 14.0. The summed E-state index contributed by atoms with van der Waals surface area (Å²) in [5.41, 5.74) is 0.710. The summed E-state index contributed by atoms with van der Waals surface area (Å²) in [5.74, 6) is 4.69. The summed E-state index contributed by atoms with van der Waals surface area (Å²) < 4.78 is 14.1. The number of rotatable bonds is 2. The summed E-state index contributed by atoms with van der Waals surface area (Å²) in [7, 11) is 0. The molecule has 0 unspecified atom stereocenters. The minimum absolute atomic E-state index is 0.0171. The van der Waals surface area contributed by atoms with Crippen molar-refractivity contribution in [3.63, 3.8) is 0 Å². The van der Waals surface area contributed by atoms with E-state index >= 15 is 0 Å². The second kappa shape index (κ2) is 6.28. The second-order valence-corrected chi connectivity index (χ2v) is 6.11. The van der Waals surface area contributed by atoms with Gasteiger partial charge in [-0.2, -0.15) is 0 Å². The van der Waals surface area contributed by atoms with E-state index in [1.165, 1.54) is 12.1 Å². The fourth-order valence-electron chi connectivity index (χ4n) is 2.44. The van der Waals surface area contributed by atoms with Crippen LogP contribution in [0.1, 0.15) is 42.6 Å². The molecule has 1 N–H and O–H groups in total. The third-order valence-corrected chi connectivity index (χ3v) is 3.63. The lowest BCUT2D eigenvalue weighted by Gasteiger charge is -2.20. The molecule has 1 saturated heterocycles. The highest BCUT2D eigenvalue weighted by molar-refractivity contribution is 5.94. The van der Waals surface area contributed by atoms with Crippen molar-refractivity contribution in [3.8, 4) is 11.8 Å². The van der Waals surface area contributed by atoms with E-state index in [0.717, 1.165) is 6.42 Å². The molecule has 4 heteroatoms. The maximum atomic E-state index is 14.1. The van der Waals surface area contributed by atoms with Gasteiger partial charge >= 0.3 is 0 Å². The van der Waals surface area contributed by atoms with E-state index in [1.54, 1.807) is 11.0 Å². The Kier molecular flexibility index (Phi) is 4.64. The molecule has 0 atom stereocenters. The fourth-order valence-corrected chi connectivity index (χ4v) is 2.44. The first-order valence-electron chi connectivity index (χ1n) is 7.11. The number of aliphatic hydroxyl groups excluding tert-OH is 1. The Morgan fingerprint density at radius 1 is 1.48 bits per heavy atom. The minimum atomic E-state index is -0.541. The van der Waals surface area contributed by atoms with E-state index in [4.69, 9.17) is 5.11 Å². The molecule has 0 spiro atoms. The number of nitrogens with zero attached hydrogens (tertiary/aromatic N) is 1. The molecule has 0 aromatic heterocycles. The highest BCUT2D eigenvalue weighted by atomic mass is 19.1. The van der Waals surface area contributed by atoms with Crippen molar-refractivity contribution in [1.29, 1.82) is 0 Å². The van der Waals surface area contributed by atoms with Crippen molar-refractivity contribution in [2.75, 3.05) is 19.7 Å². The van der Waals surface area contributed by atoms with Gasteiger partial charge in [-0.25, -0.2) is 4.39 Å². The number of halogens is 1. The van der Waals surface area contributed by atoms with Crippen LogP contribution in [0.2, 0.25) is 0 Å². The normalized spacial score (nSPS) is 16.5. The quantitative estimate of drug-likeness (QED) is 0.850. The highest BCUT2D eigenvalue weighted by Gasteiger charge is 2.33. The molecule has 0 bridgehead atoms. The Balaban J connectivity index is 2.14. The summed E-state index contributed by atoms with van der Waals surface area (Å²) in [6.45, 7) is 5.52. The van der Waals surface area contributed by atoms with Crippen LogP contribution >= 0.6 is 0 Å². The first-order valence-corrected chi connectivity index (χ1v) is 7.11. The van der Waals surface area contributed by atoms with Crippen LogP contribution in [0.25, 0.3) is 0 Å². The van der Waals surface area contributed by atoms with Crippen LogP contribution in [0, 0.1) is 23.1 Å². The van der Waals surface area contributed by atoms with Crippen molar-refractivity contribution < 1.29 is 14.3 Å². The van der Waals surface area contributed by atoms with E-state index in [1.807, 2.05) is 0 Å². The van der Waals surface area contributed by atoms with Gasteiger partial charge in [-0.05, 0) is 30.0 Å². The molecule has 3 nitrogen and oxygen atoms in total. The molecule has 1 aromatic carbocycles. The molecule has 0 saturated carbocycles. The lowest BCUT2D eigenvalue weighted by atomic mass is 9.93. The largest absolute Gasteiger partial charge is 0.395 e. The molecule has 1 heterocycles. The van der Waals surface area contributed by atoms with Gasteiger partial charge in [0.25, 0.3) is 5.91 Å². The number of benzene rings is 1. The van der Waals surface area contributed by atoms with E-state index in [9.17, 15) is 9.18 Å². The van der Waals surface area contributed by atoms with Gasteiger partial charge in [-0.1, -0.05) is 25.7 Å². The van der Waals surface area contributed by atoms with Crippen LogP contribution in [0.5, 0.6) is 0 Å². The minimum Gasteiger partial charge on any atom is -0.395 e. The molecule has 1 aromatic rings. The topological polar surface area (TPSA) is 40.5 Å². The molecular weight excluding hydrogens is 269 g/mol. The molecule has 21 heavy (non-hydrogen) atoms. The van der Waals surface area contributed by atoms with Crippen LogP contribution in [0.15, 0.2) is 18.2 Å². The third-order valence-electron chi connectivity index (χ3n) is 3.63. The van der Waals surface area contributed by atoms with Crippen LogP contribution in [-0.2, 0) is 0 Å². The van der Waals surface area contributed by atoms with Crippen LogP contribution in [-0.4, -0.2) is 35.6 Å². The molecule has 1 aliphatic rings. The average molecular weight is 289 g/mol. The van der Waals surface area contributed by atoms with Crippen molar-refractivity contribution >= 4 is 5.91 Å².